The minimum atomic E-state index is -0.171. The normalized spacial score (nSPS) is 21.3. The lowest BCUT2D eigenvalue weighted by atomic mass is 9.84. The molecule has 0 N–H and O–H groups in total. The third-order valence-electron chi connectivity index (χ3n) is 4.87. The fourth-order valence-corrected chi connectivity index (χ4v) is 3.50. The Balaban J connectivity index is 1.39. The Bertz CT molecular complexity index is 778. The third-order valence-corrected chi connectivity index (χ3v) is 4.87. The molecule has 0 bridgehead atoms. The maximum atomic E-state index is 6.11. The minimum Gasteiger partial charge on any atom is -0.460 e. The van der Waals surface area contributed by atoms with Crippen molar-refractivity contribution >= 4 is 11.6 Å². The first-order chi connectivity index (χ1) is 12.5. The number of anilines is 2. The first-order valence-electron chi connectivity index (χ1n) is 8.88. The Labute approximate surface area is 153 Å². The van der Waals surface area contributed by atoms with Gasteiger partial charge in [-0.1, -0.05) is 0 Å². The van der Waals surface area contributed by atoms with Crippen molar-refractivity contribution < 1.29 is 9.47 Å². The van der Waals surface area contributed by atoms with Crippen LogP contribution in [-0.4, -0.2) is 65.4 Å². The molecule has 8 nitrogen and oxygen atoms in total. The summed E-state index contributed by atoms with van der Waals surface area (Å²) in [5.41, 5.74) is 0.739. The molecule has 1 spiro atoms. The smallest absolute Gasteiger partial charge is 0.316 e. The lowest BCUT2D eigenvalue weighted by Gasteiger charge is -2.53. The van der Waals surface area contributed by atoms with Gasteiger partial charge < -0.3 is 19.3 Å². The zero-order valence-electron chi connectivity index (χ0n) is 15.4. The Kier molecular flexibility index (Phi) is 4.36. The molecule has 0 unspecified atom stereocenters. The lowest BCUT2D eigenvalue weighted by Crippen LogP contribution is -2.66. The highest BCUT2D eigenvalue weighted by Gasteiger charge is 2.49. The van der Waals surface area contributed by atoms with E-state index in [-0.39, 0.29) is 11.7 Å². The van der Waals surface area contributed by atoms with Gasteiger partial charge >= 0.3 is 6.01 Å². The highest BCUT2D eigenvalue weighted by atomic mass is 16.5. The van der Waals surface area contributed by atoms with E-state index in [0.29, 0.717) is 12.6 Å². The Morgan fingerprint density at radius 1 is 1.27 bits per heavy atom. The van der Waals surface area contributed by atoms with Crippen LogP contribution in [0.2, 0.25) is 0 Å². The first-order valence-corrected chi connectivity index (χ1v) is 8.88. The summed E-state index contributed by atoms with van der Waals surface area (Å²) in [5, 5.41) is 0. The van der Waals surface area contributed by atoms with Crippen LogP contribution >= 0.6 is 0 Å². The highest BCUT2D eigenvalue weighted by molar-refractivity contribution is 5.52. The Morgan fingerprint density at radius 3 is 2.88 bits per heavy atom. The second kappa shape index (κ2) is 6.68. The van der Waals surface area contributed by atoms with Gasteiger partial charge in [-0.05, 0) is 13.0 Å². The molecule has 138 valence electrons. The van der Waals surface area contributed by atoms with E-state index >= 15 is 0 Å². The number of ether oxygens (including phenoxy) is 2. The van der Waals surface area contributed by atoms with Crippen LogP contribution in [0.1, 0.15) is 18.5 Å². The molecule has 0 radical (unpaired) electrons. The van der Waals surface area contributed by atoms with Crippen LogP contribution in [0, 0.1) is 6.92 Å². The molecule has 2 saturated heterocycles. The molecule has 1 atom stereocenters. The lowest BCUT2D eigenvalue weighted by molar-refractivity contribution is -0.127. The average molecular weight is 356 g/mol. The van der Waals surface area contributed by atoms with Crippen LogP contribution in [0.15, 0.2) is 24.7 Å². The quantitative estimate of drug-likeness (QED) is 0.815. The molecule has 4 heterocycles. The van der Waals surface area contributed by atoms with Crippen molar-refractivity contribution in [2.24, 2.45) is 0 Å². The maximum Gasteiger partial charge on any atom is 0.316 e. The van der Waals surface area contributed by atoms with Crippen LogP contribution in [0.25, 0.3) is 0 Å². The summed E-state index contributed by atoms with van der Waals surface area (Å²) in [7, 11) is 3.95. The van der Waals surface area contributed by atoms with Crippen molar-refractivity contribution in [1.82, 2.24) is 19.9 Å². The van der Waals surface area contributed by atoms with E-state index in [0.717, 1.165) is 43.3 Å². The average Bonchev–Trinajstić information content (AvgIpc) is 2.60. The van der Waals surface area contributed by atoms with Crippen LogP contribution in [0.3, 0.4) is 0 Å². The number of rotatable bonds is 4. The molecular formula is C18H24N6O2. The van der Waals surface area contributed by atoms with E-state index in [1.54, 1.807) is 12.5 Å². The van der Waals surface area contributed by atoms with Crippen molar-refractivity contribution in [3.8, 4) is 6.01 Å². The largest absolute Gasteiger partial charge is 0.460 e. The van der Waals surface area contributed by atoms with Gasteiger partial charge in [0, 0.05) is 44.9 Å². The molecule has 0 aromatic carbocycles. The second-order valence-electron chi connectivity index (χ2n) is 7.23. The summed E-state index contributed by atoms with van der Waals surface area (Å²) < 4.78 is 12.1. The topological polar surface area (TPSA) is 76.5 Å². The number of hydrogen-bond donors (Lipinski definition) is 0. The maximum absolute atomic E-state index is 6.11. The van der Waals surface area contributed by atoms with Crippen LogP contribution in [0.5, 0.6) is 6.01 Å². The summed E-state index contributed by atoms with van der Waals surface area (Å²) in [6.45, 7) is 4.25. The van der Waals surface area contributed by atoms with Crippen molar-refractivity contribution in [1.29, 1.82) is 0 Å². The van der Waals surface area contributed by atoms with Crippen molar-refractivity contribution in [3.05, 3.63) is 30.4 Å². The van der Waals surface area contributed by atoms with E-state index in [4.69, 9.17) is 9.47 Å². The number of aryl methyl sites for hydroxylation is 1. The molecule has 4 rings (SSSR count). The summed E-state index contributed by atoms with van der Waals surface area (Å²) in [4.78, 5) is 21.4. The number of nitrogens with zero attached hydrogens (tertiary/aromatic N) is 6. The van der Waals surface area contributed by atoms with Crippen molar-refractivity contribution in [2.75, 3.05) is 43.6 Å². The van der Waals surface area contributed by atoms with Gasteiger partial charge in [0.25, 0.3) is 0 Å². The molecule has 26 heavy (non-hydrogen) atoms. The predicted octanol–water partition coefficient (Wildman–Crippen LogP) is 1.46. The van der Waals surface area contributed by atoms with Crippen LogP contribution in [0.4, 0.5) is 11.6 Å². The molecule has 8 heteroatoms. The van der Waals surface area contributed by atoms with Gasteiger partial charge in [0.2, 0.25) is 0 Å². The van der Waals surface area contributed by atoms with Gasteiger partial charge in [-0.3, -0.25) is 0 Å². The minimum absolute atomic E-state index is 0.0791. The van der Waals surface area contributed by atoms with Gasteiger partial charge in [-0.15, -0.1) is 0 Å². The van der Waals surface area contributed by atoms with Gasteiger partial charge in [0.1, 0.15) is 29.7 Å². The molecule has 2 aliphatic heterocycles. The molecule has 2 fully saturated rings. The molecule has 2 aromatic rings. The molecule has 2 aromatic heterocycles. The summed E-state index contributed by atoms with van der Waals surface area (Å²) >= 11 is 0. The van der Waals surface area contributed by atoms with E-state index in [2.05, 4.69) is 24.8 Å². The van der Waals surface area contributed by atoms with E-state index in [1.165, 1.54) is 0 Å². The van der Waals surface area contributed by atoms with Gasteiger partial charge in [0.15, 0.2) is 0 Å². The number of aromatic nitrogens is 4. The molecule has 0 aliphatic carbocycles. The molecule has 2 aliphatic rings. The Morgan fingerprint density at radius 2 is 2.12 bits per heavy atom. The zero-order valence-corrected chi connectivity index (χ0v) is 15.4. The van der Waals surface area contributed by atoms with Gasteiger partial charge in [0.05, 0.1) is 19.7 Å². The van der Waals surface area contributed by atoms with Crippen LogP contribution < -0.4 is 14.5 Å². The highest BCUT2D eigenvalue weighted by Crippen LogP contribution is 2.37. The summed E-state index contributed by atoms with van der Waals surface area (Å²) in [5.74, 6) is 1.83. The SMILES string of the molecule is Cc1ccnc(O[C@H]2CCOC3(C2)CN(c2cc(N(C)C)ncn2)C3)n1. The summed E-state index contributed by atoms with van der Waals surface area (Å²) in [6.07, 6.45) is 5.12. The van der Waals surface area contributed by atoms with E-state index in [9.17, 15) is 0 Å². The van der Waals surface area contributed by atoms with Crippen molar-refractivity contribution in [3.63, 3.8) is 0 Å². The van der Waals surface area contributed by atoms with E-state index in [1.807, 2.05) is 38.1 Å². The van der Waals surface area contributed by atoms with E-state index < -0.39 is 0 Å². The standard InChI is InChI=1S/C18H24N6O2/c1-13-4-6-19-17(22-13)26-14-5-7-25-18(9-14)10-24(11-18)16-8-15(23(2)3)20-12-21-16/h4,6,8,12,14H,5,7,9-11H2,1-3H3/t14-/m0/s1. The first kappa shape index (κ1) is 17.0. The van der Waals surface area contributed by atoms with Crippen molar-refractivity contribution in [2.45, 2.75) is 31.5 Å². The third kappa shape index (κ3) is 3.41. The second-order valence-corrected chi connectivity index (χ2v) is 7.23. The molecular weight excluding hydrogens is 332 g/mol. The zero-order chi connectivity index (χ0) is 18.1. The van der Waals surface area contributed by atoms with Crippen LogP contribution in [-0.2, 0) is 4.74 Å². The summed E-state index contributed by atoms with van der Waals surface area (Å²) in [6, 6.07) is 4.32. The fourth-order valence-electron chi connectivity index (χ4n) is 3.50. The Hall–Kier alpha value is -2.48. The van der Waals surface area contributed by atoms with Gasteiger partial charge in [-0.25, -0.2) is 19.9 Å². The monoisotopic (exact) mass is 356 g/mol. The number of hydrogen-bond acceptors (Lipinski definition) is 8. The predicted molar refractivity (Wildman–Crippen MR) is 97.7 cm³/mol. The fraction of sp³-hybridized carbons (Fsp3) is 0.556. The molecule has 0 amide bonds. The van der Waals surface area contributed by atoms with Gasteiger partial charge in [-0.2, -0.15) is 0 Å². The molecule has 0 saturated carbocycles.